The largest absolute Gasteiger partial charge is 0.349 e. The molecular formula is C13H19N5O2S. The lowest BCUT2D eigenvalue weighted by atomic mass is 10.2. The summed E-state index contributed by atoms with van der Waals surface area (Å²) < 4.78 is 1.26. The maximum atomic E-state index is 12.0. The number of carbonyl (C=O) groups is 1. The smallest absolute Gasteiger partial charge is 0.275 e. The van der Waals surface area contributed by atoms with Crippen LogP contribution in [-0.4, -0.2) is 45.5 Å². The topological polar surface area (TPSA) is 79.6 Å². The molecule has 1 atom stereocenters. The first-order chi connectivity index (χ1) is 9.92. The molecular weight excluding hydrogens is 290 g/mol. The van der Waals surface area contributed by atoms with Crippen LogP contribution in [0.2, 0.25) is 0 Å². The summed E-state index contributed by atoms with van der Waals surface area (Å²) in [6, 6.07) is 1.10. The summed E-state index contributed by atoms with van der Waals surface area (Å²) in [5, 5.41) is 7.69. The average Bonchev–Trinajstić information content (AvgIpc) is 2.81. The van der Waals surface area contributed by atoms with Crippen LogP contribution in [-0.2, 0) is 11.2 Å². The Hall–Kier alpha value is -1.96. The van der Waals surface area contributed by atoms with Crippen LogP contribution in [0.25, 0.3) is 4.96 Å². The molecule has 2 rings (SSSR count). The van der Waals surface area contributed by atoms with E-state index in [1.165, 1.54) is 26.8 Å². The van der Waals surface area contributed by atoms with E-state index in [1.807, 2.05) is 6.92 Å². The molecule has 0 saturated heterocycles. The summed E-state index contributed by atoms with van der Waals surface area (Å²) in [5.41, 5.74) is 0.578. The Morgan fingerprint density at radius 3 is 2.86 bits per heavy atom. The molecule has 1 N–H and O–H groups in total. The first-order valence-corrected chi connectivity index (χ1v) is 7.61. The summed E-state index contributed by atoms with van der Waals surface area (Å²) in [4.78, 5) is 30.3. The van der Waals surface area contributed by atoms with Crippen LogP contribution in [0.3, 0.4) is 0 Å². The molecule has 8 heteroatoms. The van der Waals surface area contributed by atoms with Gasteiger partial charge in [-0.15, -0.1) is 5.10 Å². The van der Waals surface area contributed by atoms with E-state index < -0.39 is 6.04 Å². The second-order valence-corrected chi connectivity index (χ2v) is 5.99. The lowest BCUT2D eigenvalue weighted by molar-refractivity contribution is -0.129. The molecule has 21 heavy (non-hydrogen) atoms. The minimum Gasteiger partial charge on any atom is -0.349 e. The number of aryl methyl sites for hydroxylation is 1. The summed E-state index contributed by atoms with van der Waals surface area (Å²) in [6.45, 7) is 3.80. The number of carbonyl (C=O) groups excluding carboxylic acids is 1. The molecule has 2 aromatic heterocycles. The first-order valence-electron chi connectivity index (χ1n) is 6.80. The van der Waals surface area contributed by atoms with Crippen molar-refractivity contribution in [2.75, 3.05) is 19.4 Å². The maximum absolute atomic E-state index is 12.0. The molecule has 1 amide bonds. The Morgan fingerprint density at radius 1 is 1.52 bits per heavy atom. The lowest BCUT2D eigenvalue weighted by Gasteiger charge is -2.16. The highest BCUT2D eigenvalue weighted by Gasteiger charge is 2.17. The van der Waals surface area contributed by atoms with Crippen molar-refractivity contribution >= 4 is 27.3 Å². The summed E-state index contributed by atoms with van der Waals surface area (Å²) in [7, 11) is 3.39. The van der Waals surface area contributed by atoms with E-state index in [0.29, 0.717) is 10.1 Å². The third-order valence-corrected chi connectivity index (χ3v) is 3.80. The highest BCUT2D eigenvalue weighted by Crippen LogP contribution is 2.18. The maximum Gasteiger partial charge on any atom is 0.275 e. The molecule has 7 nitrogen and oxygen atoms in total. The third kappa shape index (κ3) is 3.38. The molecule has 0 bridgehead atoms. The summed E-state index contributed by atoms with van der Waals surface area (Å²) in [5.74, 6) is -0.0544. The summed E-state index contributed by atoms with van der Waals surface area (Å²) >= 11 is 1.27. The predicted molar refractivity (Wildman–Crippen MR) is 82.9 cm³/mol. The predicted octanol–water partition coefficient (Wildman–Crippen LogP) is 0.992. The van der Waals surface area contributed by atoms with Crippen LogP contribution in [0, 0.1) is 0 Å². The minimum atomic E-state index is -0.411. The van der Waals surface area contributed by atoms with E-state index in [-0.39, 0.29) is 11.5 Å². The number of hydrogen-bond acceptors (Lipinski definition) is 6. The Balaban J connectivity index is 2.29. The van der Waals surface area contributed by atoms with Gasteiger partial charge in [-0.2, -0.15) is 4.52 Å². The van der Waals surface area contributed by atoms with Crippen LogP contribution in [0.5, 0.6) is 0 Å². The van der Waals surface area contributed by atoms with E-state index in [9.17, 15) is 9.59 Å². The van der Waals surface area contributed by atoms with Gasteiger partial charge in [0, 0.05) is 25.9 Å². The second-order valence-electron chi connectivity index (χ2n) is 5.04. The van der Waals surface area contributed by atoms with Crippen LogP contribution < -0.4 is 10.9 Å². The SMILES string of the molecule is CCCc1cc(=O)n2nc(N[C@@H](C)C(=O)N(C)C)sc2n1. The molecule has 0 spiro atoms. The first kappa shape index (κ1) is 15.4. The van der Waals surface area contributed by atoms with Gasteiger partial charge >= 0.3 is 0 Å². The molecule has 0 saturated carbocycles. The van der Waals surface area contributed by atoms with E-state index in [1.54, 1.807) is 21.0 Å². The number of aromatic nitrogens is 3. The monoisotopic (exact) mass is 309 g/mol. The third-order valence-electron chi connectivity index (χ3n) is 2.96. The zero-order chi connectivity index (χ0) is 15.6. The van der Waals surface area contributed by atoms with Crippen molar-refractivity contribution in [1.29, 1.82) is 0 Å². The van der Waals surface area contributed by atoms with E-state index in [4.69, 9.17) is 0 Å². The highest BCUT2D eigenvalue weighted by atomic mass is 32.1. The van der Waals surface area contributed by atoms with E-state index >= 15 is 0 Å². The quantitative estimate of drug-likeness (QED) is 0.891. The van der Waals surface area contributed by atoms with E-state index in [0.717, 1.165) is 18.5 Å². The van der Waals surface area contributed by atoms with Gasteiger partial charge in [0.05, 0.1) is 0 Å². The van der Waals surface area contributed by atoms with Crippen molar-refractivity contribution in [3.63, 3.8) is 0 Å². The van der Waals surface area contributed by atoms with Gasteiger partial charge in [-0.3, -0.25) is 9.59 Å². The number of anilines is 1. The highest BCUT2D eigenvalue weighted by molar-refractivity contribution is 7.20. The van der Waals surface area contributed by atoms with Crippen LogP contribution in [0.1, 0.15) is 26.0 Å². The van der Waals surface area contributed by atoms with Gasteiger partial charge in [0.25, 0.3) is 5.56 Å². The number of nitrogens with one attached hydrogen (secondary N) is 1. The standard InChI is InChI=1S/C13H19N5O2S/c1-5-6-9-7-10(19)18-13(15-9)21-12(16-18)14-8(2)11(20)17(3)4/h7-8H,5-6H2,1-4H3,(H,14,16)/t8-/m0/s1. The van der Waals surface area contributed by atoms with Crippen molar-refractivity contribution in [1.82, 2.24) is 19.5 Å². The van der Waals surface area contributed by atoms with Gasteiger partial charge in [-0.25, -0.2) is 4.98 Å². The molecule has 0 aromatic carbocycles. The number of fused-ring (bicyclic) bond motifs is 1. The zero-order valence-electron chi connectivity index (χ0n) is 12.6. The Bertz CT molecular complexity index is 706. The Morgan fingerprint density at radius 2 is 2.24 bits per heavy atom. The molecule has 114 valence electrons. The van der Waals surface area contributed by atoms with Crippen molar-refractivity contribution < 1.29 is 4.79 Å². The average molecular weight is 309 g/mol. The molecule has 0 aliphatic heterocycles. The molecule has 0 aliphatic carbocycles. The molecule has 2 heterocycles. The lowest BCUT2D eigenvalue weighted by Crippen LogP contribution is -2.36. The van der Waals surface area contributed by atoms with Crippen molar-refractivity contribution in [2.24, 2.45) is 0 Å². The van der Waals surface area contributed by atoms with Gasteiger partial charge in [0.1, 0.15) is 6.04 Å². The number of likely N-dealkylation sites (N-methyl/N-ethyl adjacent to an activating group) is 1. The number of nitrogens with zero attached hydrogens (tertiary/aromatic N) is 4. The van der Waals surface area contributed by atoms with Crippen LogP contribution >= 0.6 is 11.3 Å². The van der Waals surface area contributed by atoms with Crippen LogP contribution in [0.4, 0.5) is 5.13 Å². The number of hydrogen-bond donors (Lipinski definition) is 1. The van der Waals surface area contributed by atoms with Gasteiger partial charge in [0.15, 0.2) is 0 Å². The van der Waals surface area contributed by atoms with E-state index in [2.05, 4.69) is 15.4 Å². The normalized spacial score (nSPS) is 12.4. The van der Waals surface area contributed by atoms with Crippen LogP contribution in [0.15, 0.2) is 10.9 Å². The molecule has 0 fully saturated rings. The van der Waals surface area contributed by atoms with Crippen molar-refractivity contribution in [2.45, 2.75) is 32.7 Å². The van der Waals surface area contributed by atoms with Gasteiger partial charge in [-0.1, -0.05) is 24.7 Å². The Kier molecular flexibility index (Phi) is 4.56. The van der Waals surface area contributed by atoms with Crippen molar-refractivity contribution in [3.8, 4) is 0 Å². The fourth-order valence-electron chi connectivity index (χ4n) is 1.93. The molecule has 0 radical (unpaired) electrons. The number of amides is 1. The van der Waals surface area contributed by atoms with Gasteiger partial charge in [-0.05, 0) is 13.3 Å². The molecule has 2 aromatic rings. The van der Waals surface area contributed by atoms with Gasteiger partial charge in [0.2, 0.25) is 16.0 Å². The Labute approximate surface area is 126 Å². The fraction of sp³-hybridized carbons (Fsp3) is 0.538. The summed E-state index contributed by atoms with van der Waals surface area (Å²) in [6.07, 6.45) is 1.70. The molecule has 0 unspecified atom stereocenters. The van der Waals surface area contributed by atoms with Crippen molar-refractivity contribution in [3.05, 3.63) is 22.1 Å². The second kappa shape index (κ2) is 6.21. The van der Waals surface area contributed by atoms with Gasteiger partial charge < -0.3 is 10.2 Å². The minimum absolute atomic E-state index is 0.0544. The zero-order valence-corrected chi connectivity index (χ0v) is 13.4. The number of rotatable bonds is 5. The fourth-order valence-corrected chi connectivity index (χ4v) is 2.84. The molecule has 0 aliphatic rings.